The van der Waals surface area contributed by atoms with Gasteiger partial charge in [0.1, 0.15) is 0 Å². The minimum absolute atomic E-state index is 0.586. The Morgan fingerprint density at radius 2 is 2.19 bits per heavy atom. The molecule has 1 aromatic heterocycles. The fraction of sp³-hybridized carbons (Fsp3) is 0.250. The van der Waals surface area contributed by atoms with E-state index in [0.29, 0.717) is 5.25 Å². The van der Waals surface area contributed by atoms with Gasteiger partial charge >= 0.3 is 0 Å². The Balaban J connectivity index is 2.02. The molecule has 0 saturated carbocycles. The highest BCUT2D eigenvalue weighted by atomic mass is 32.2. The first-order chi connectivity index (χ1) is 7.83. The fourth-order valence-electron chi connectivity index (χ4n) is 1.70. The van der Waals surface area contributed by atoms with Crippen molar-refractivity contribution in [2.75, 3.05) is 18.9 Å². The molecule has 2 aromatic rings. The van der Waals surface area contributed by atoms with Crippen LogP contribution < -0.4 is 5.73 Å². The second-order valence-electron chi connectivity index (χ2n) is 3.86. The Bertz CT molecular complexity index is 525. The Hall–Kier alpha value is -1.26. The normalized spacial score (nSPS) is 16.2. The molecule has 0 amide bonds. The van der Waals surface area contributed by atoms with Crippen LogP contribution in [0.15, 0.2) is 35.4 Å². The molecule has 1 aliphatic rings. The smallest absolute Gasteiger partial charge is 0.0733 e. The summed E-state index contributed by atoms with van der Waals surface area (Å²) in [6, 6.07) is 7.93. The molecule has 0 aliphatic carbocycles. The lowest BCUT2D eigenvalue weighted by Crippen LogP contribution is -2.30. The molecule has 16 heavy (non-hydrogen) atoms. The maximum atomic E-state index is 5.75. The van der Waals surface area contributed by atoms with Crippen LogP contribution in [-0.4, -0.2) is 23.4 Å². The van der Waals surface area contributed by atoms with Crippen LogP contribution in [0.4, 0.5) is 5.69 Å². The van der Waals surface area contributed by atoms with Gasteiger partial charge in [-0.2, -0.15) is 0 Å². The van der Waals surface area contributed by atoms with Crippen LogP contribution in [0.1, 0.15) is 0 Å². The number of nitrogens with zero attached hydrogens (tertiary/aromatic N) is 1. The average Bonchev–Trinajstić information content (AvgIpc) is 2.23. The fourth-order valence-corrected chi connectivity index (χ4v) is 2.83. The van der Waals surface area contributed by atoms with Gasteiger partial charge in [-0.25, -0.2) is 0 Å². The highest BCUT2D eigenvalue weighted by molar-refractivity contribution is 8.00. The van der Waals surface area contributed by atoms with Crippen LogP contribution in [0, 0.1) is 0 Å². The van der Waals surface area contributed by atoms with Crippen LogP contribution in [0.5, 0.6) is 0 Å². The van der Waals surface area contributed by atoms with Gasteiger partial charge in [0.2, 0.25) is 0 Å². The number of hydrogen-bond acceptors (Lipinski definition) is 4. The number of nitrogen functional groups attached to an aromatic ring is 1. The number of thioether (sulfide) groups is 1. The van der Waals surface area contributed by atoms with Gasteiger partial charge in [-0.15, -0.1) is 11.8 Å². The van der Waals surface area contributed by atoms with Crippen LogP contribution >= 0.6 is 11.8 Å². The molecule has 0 bridgehead atoms. The maximum absolute atomic E-state index is 5.75. The second kappa shape index (κ2) is 3.96. The zero-order chi connectivity index (χ0) is 11.0. The SMILES string of the molecule is Nc1ccc2c(SC3COC3)ccnc2c1. The van der Waals surface area contributed by atoms with E-state index in [0.717, 1.165) is 24.4 Å². The highest BCUT2D eigenvalue weighted by Crippen LogP contribution is 2.33. The summed E-state index contributed by atoms with van der Waals surface area (Å²) < 4.78 is 5.18. The van der Waals surface area contributed by atoms with Crippen LogP contribution in [0.25, 0.3) is 10.9 Å². The average molecular weight is 232 g/mol. The van der Waals surface area contributed by atoms with E-state index in [4.69, 9.17) is 10.5 Å². The van der Waals surface area contributed by atoms with Crippen LogP contribution in [0.3, 0.4) is 0 Å². The van der Waals surface area contributed by atoms with Gasteiger partial charge in [0, 0.05) is 22.2 Å². The van der Waals surface area contributed by atoms with E-state index in [9.17, 15) is 0 Å². The Kier molecular flexibility index (Phi) is 2.46. The first-order valence-corrected chi connectivity index (χ1v) is 6.09. The zero-order valence-corrected chi connectivity index (χ0v) is 9.54. The number of aromatic nitrogens is 1. The molecular weight excluding hydrogens is 220 g/mol. The molecule has 82 valence electrons. The summed E-state index contributed by atoms with van der Waals surface area (Å²) in [4.78, 5) is 5.59. The largest absolute Gasteiger partial charge is 0.399 e. The highest BCUT2D eigenvalue weighted by Gasteiger charge is 2.20. The molecule has 0 radical (unpaired) electrons. The third-order valence-electron chi connectivity index (χ3n) is 2.63. The predicted octanol–water partition coefficient (Wildman–Crippen LogP) is 2.31. The van der Waals surface area contributed by atoms with E-state index >= 15 is 0 Å². The van der Waals surface area contributed by atoms with Gasteiger partial charge in [-0.3, -0.25) is 4.98 Å². The van der Waals surface area contributed by atoms with Crippen molar-refractivity contribution in [3.05, 3.63) is 30.5 Å². The summed E-state index contributed by atoms with van der Waals surface area (Å²) in [6.07, 6.45) is 1.84. The predicted molar refractivity (Wildman–Crippen MR) is 66.6 cm³/mol. The summed E-state index contributed by atoms with van der Waals surface area (Å²) in [5.74, 6) is 0. The minimum atomic E-state index is 0.586. The molecule has 0 spiro atoms. The summed E-state index contributed by atoms with van der Waals surface area (Å²) in [6.45, 7) is 1.70. The van der Waals surface area contributed by atoms with Crippen molar-refractivity contribution in [2.45, 2.75) is 10.1 Å². The lowest BCUT2D eigenvalue weighted by atomic mass is 10.2. The van der Waals surface area contributed by atoms with E-state index in [2.05, 4.69) is 11.1 Å². The molecule has 0 unspecified atom stereocenters. The quantitative estimate of drug-likeness (QED) is 0.807. The van der Waals surface area contributed by atoms with E-state index < -0.39 is 0 Å². The van der Waals surface area contributed by atoms with E-state index in [1.165, 1.54) is 10.3 Å². The second-order valence-corrected chi connectivity index (χ2v) is 5.21. The molecule has 3 rings (SSSR count). The number of nitrogens with two attached hydrogens (primary N) is 1. The number of rotatable bonds is 2. The maximum Gasteiger partial charge on any atom is 0.0733 e. The first-order valence-electron chi connectivity index (χ1n) is 5.21. The van der Waals surface area contributed by atoms with Crippen LogP contribution in [0.2, 0.25) is 0 Å². The van der Waals surface area contributed by atoms with Crippen molar-refractivity contribution in [3.63, 3.8) is 0 Å². The van der Waals surface area contributed by atoms with E-state index in [1.54, 1.807) is 0 Å². The van der Waals surface area contributed by atoms with Crippen molar-refractivity contribution in [1.29, 1.82) is 0 Å². The third-order valence-corrected chi connectivity index (χ3v) is 3.84. The summed E-state index contributed by atoms with van der Waals surface area (Å²) in [5.41, 5.74) is 7.47. The molecule has 2 N–H and O–H groups in total. The minimum Gasteiger partial charge on any atom is -0.399 e. The third kappa shape index (κ3) is 1.74. The zero-order valence-electron chi connectivity index (χ0n) is 8.72. The topological polar surface area (TPSA) is 48.1 Å². The monoisotopic (exact) mass is 232 g/mol. The first kappa shape index (κ1) is 9.93. The van der Waals surface area contributed by atoms with Gasteiger partial charge in [0.15, 0.2) is 0 Å². The van der Waals surface area contributed by atoms with Gasteiger partial charge in [-0.1, -0.05) is 0 Å². The number of pyridine rings is 1. The molecule has 1 saturated heterocycles. The van der Waals surface area contributed by atoms with E-state index in [-0.39, 0.29) is 0 Å². The molecule has 1 aliphatic heterocycles. The van der Waals surface area contributed by atoms with Crippen molar-refractivity contribution < 1.29 is 4.74 Å². The molecule has 4 heteroatoms. The number of hydrogen-bond donors (Lipinski definition) is 1. The lowest BCUT2D eigenvalue weighted by Gasteiger charge is -2.25. The molecule has 0 atom stereocenters. The van der Waals surface area contributed by atoms with E-state index in [1.807, 2.05) is 36.2 Å². The Morgan fingerprint density at radius 3 is 2.94 bits per heavy atom. The van der Waals surface area contributed by atoms with Crippen LogP contribution in [-0.2, 0) is 4.74 Å². The molecule has 1 fully saturated rings. The van der Waals surface area contributed by atoms with Crippen molar-refractivity contribution in [2.24, 2.45) is 0 Å². The Labute approximate surface area is 98.0 Å². The van der Waals surface area contributed by atoms with Crippen molar-refractivity contribution >= 4 is 28.4 Å². The number of fused-ring (bicyclic) bond motifs is 1. The summed E-state index contributed by atoms with van der Waals surface area (Å²) in [5, 5.41) is 1.76. The van der Waals surface area contributed by atoms with Gasteiger partial charge in [-0.05, 0) is 24.3 Å². The standard InChI is InChI=1S/C12H12N2OS/c13-8-1-2-10-11(5-8)14-4-3-12(10)16-9-6-15-7-9/h1-5,9H,6-7,13H2. The summed E-state index contributed by atoms with van der Waals surface area (Å²) >= 11 is 1.86. The molecule has 3 nitrogen and oxygen atoms in total. The number of benzene rings is 1. The van der Waals surface area contributed by atoms with Crippen molar-refractivity contribution in [1.82, 2.24) is 4.98 Å². The number of anilines is 1. The van der Waals surface area contributed by atoms with Gasteiger partial charge in [0.25, 0.3) is 0 Å². The molecular formula is C12H12N2OS. The molecule has 2 heterocycles. The van der Waals surface area contributed by atoms with Gasteiger partial charge < -0.3 is 10.5 Å². The Morgan fingerprint density at radius 1 is 1.31 bits per heavy atom. The lowest BCUT2D eigenvalue weighted by molar-refractivity contribution is 0.0455. The summed E-state index contributed by atoms with van der Waals surface area (Å²) in [7, 11) is 0. The van der Waals surface area contributed by atoms with Crippen molar-refractivity contribution in [3.8, 4) is 0 Å². The number of ether oxygens (including phenoxy) is 1. The molecule has 1 aromatic carbocycles. The van der Waals surface area contributed by atoms with Gasteiger partial charge in [0.05, 0.1) is 24.0 Å².